The maximum absolute atomic E-state index is 10.9. The molecule has 0 aliphatic heterocycles. The molecule has 0 radical (unpaired) electrons. The van der Waals surface area contributed by atoms with Gasteiger partial charge in [0, 0.05) is 25.4 Å². The van der Waals surface area contributed by atoms with Gasteiger partial charge in [-0.05, 0) is 32.1 Å². The largest absolute Gasteiger partial charge is 0.389 e. The first kappa shape index (κ1) is 14.6. The van der Waals surface area contributed by atoms with Crippen molar-refractivity contribution in [2.75, 3.05) is 0 Å². The van der Waals surface area contributed by atoms with Crippen molar-refractivity contribution in [2.24, 2.45) is 5.92 Å². The molecule has 2 atom stereocenters. The molecule has 2 rings (SSSR count). The lowest BCUT2D eigenvalue weighted by Gasteiger charge is -2.26. The van der Waals surface area contributed by atoms with Crippen LogP contribution in [0.1, 0.15) is 64.6 Å². The third kappa shape index (κ3) is 3.82. The summed E-state index contributed by atoms with van der Waals surface area (Å²) in [6.07, 6.45) is 12.7. The monoisotopic (exact) mass is 264 g/mol. The number of hydrogen-bond donors (Lipinski definition) is 1. The van der Waals surface area contributed by atoms with E-state index in [1.807, 2.05) is 12.4 Å². The SMILES string of the molecule is CCCC1CCCC(O)(Cc2nccn2CC)CC1. The summed E-state index contributed by atoms with van der Waals surface area (Å²) in [7, 11) is 0. The Morgan fingerprint density at radius 3 is 2.95 bits per heavy atom. The minimum atomic E-state index is -0.527. The lowest BCUT2D eigenvalue weighted by Crippen LogP contribution is -2.32. The van der Waals surface area contributed by atoms with Crippen molar-refractivity contribution >= 4 is 0 Å². The lowest BCUT2D eigenvalue weighted by atomic mass is 9.89. The smallest absolute Gasteiger partial charge is 0.111 e. The van der Waals surface area contributed by atoms with Gasteiger partial charge in [-0.3, -0.25) is 0 Å². The predicted octanol–water partition coefficient (Wildman–Crippen LogP) is 3.56. The minimum Gasteiger partial charge on any atom is -0.389 e. The summed E-state index contributed by atoms with van der Waals surface area (Å²) in [5.41, 5.74) is -0.527. The fraction of sp³-hybridized carbons (Fsp3) is 0.812. The van der Waals surface area contributed by atoms with Crippen molar-refractivity contribution in [3.8, 4) is 0 Å². The highest BCUT2D eigenvalue weighted by Gasteiger charge is 2.32. The van der Waals surface area contributed by atoms with Gasteiger partial charge in [0.1, 0.15) is 5.82 Å². The molecule has 0 aromatic carbocycles. The molecule has 1 aliphatic rings. The molecule has 19 heavy (non-hydrogen) atoms. The first-order chi connectivity index (χ1) is 9.17. The number of rotatable bonds is 5. The zero-order chi connectivity index (χ0) is 13.7. The predicted molar refractivity (Wildman–Crippen MR) is 78.0 cm³/mol. The van der Waals surface area contributed by atoms with Crippen molar-refractivity contribution in [3.63, 3.8) is 0 Å². The fourth-order valence-corrected chi connectivity index (χ4v) is 3.43. The zero-order valence-electron chi connectivity index (χ0n) is 12.4. The van der Waals surface area contributed by atoms with Gasteiger partial charge in [-0.2, -0.15) is 0 Å². The molecule has 1 fully saturated rings. The topological polar surface area (TPSA) is 38.1 Å². The lowest BCUT2D eigenvalue weighted by molar-refractivity contribution is 0.0215. The van der Waals surface area contributed by atoms with Gasteiger partial charge in [0.25, 0.3) is 0 Å². The summed E-state index contributed by atoms with van der Waals surface area (Å²) < 4.78 is 2.15. The van der Waals surface area contributed by atoms with Crippen molar-refractivity contribution in [1.29, 1.82) is 0 Å². The molecular weight excluding hydrogens is 236 g/mol. The summed E-state index contributed by atoms with van der Waals surface area (Å²) in [5, 5.41) is 10.9. The summed E-state index contributed by atoms with van der Waals surface area (Å²) in [5.74, 6) is 1.86. The second-order valence-electron chi connectivity index (χ2n) is 6.12. The molecule has 3 nitrogen and oxygen atoms in total. The van der Waals surface area contributed by atoms with Gasteiger partial charge in [0.15, 0.2) is 0 Å². The van der Waals surface area contributed by atoms with Gasteiger partial charge in [0.2, 0.25) is 0 Å². The Labute approximate surface area is 117 Å². The van der Waals surface area contributed by atoms with Gasteiger partial charge >= 0.3 is 0 Å². The highest BCUT2D eigenvalue weighted by Crippen LogP contribution is 2.34. The van der Waals surface area contributed by atoms with Gasteiger partial charge < -0.3 is 9.67 Å². The third-order valence-electron chi connectivity index (χ3n) is 4.60. The molecule has 2 unspecified atom stereocenters. The number of hydrogen-bond acceptors (Lipinski definition) is 2. The number of aromatic nitrogens is 2. The van der Waals surface area contributed by atoms with Crippen LogP contribution < -0.4 is 0 Å². The van der Waals surface area contributed by atoms with Gasteiger partial charge in [-0.15, -0.1) is 0 Å². The molecule has 0 saturated heterocycles. The van der Waals surface area contributed by atoms with E-state index in [2.05, 4.69) is 23.4 Å². The van der Waals surface area contributed by atoms with Crippen LogP contribution in [-0.2, 0) is 13.0 Å². The average molecular weight is 264 g/mol. The molecule has 1 saturated carbocycles. The Morgan fingerprint density at radius 1 is 1.37 bits per heavy atom. The standard InChI is InChI=1S/C16H28N2O/c1-3-6-14-7-5-9-16(19,10-8-14)13-15-17-11-12-18(15)4-2/h11-12,14,19H,3-10,13H2,1-2H3. The molecule has 108 valence electrons. The number of aliphatic hydroxyl groups is 1. The van der Waals surface area contributed by atoms with E-state index in [0.717, 1.165) is 37.5 Å². The maximum Gasteiger partial charge on any atom is 0.111 e. The first-order valence-corrected chi connectivity index (χ1v) is 7.89. The van der Waals surface area contributed by atoms with Crippen LogP contribution in [0.2, 0.25) is 0 Å². The van der Waals surface area contributed by atoms with E-state index in [0.29, 0.717) is 6.42 Å². The zero-order valence-corrected chi connectivity index (χ0v) is 12.4. The van der Waals surface area contributed by atoms with Crippen LogP contribution in [0.5, 0.6) is 0 Å². The van der Waals surface area contributed by atoms with E-state index < -0.39 is 5.60 Å². The molecule has 1 N–H and O–H groups in total. The molecule has 0 bridgehead atoms. The highest BCUT2D eigenvalue weighted by atomic mass is 16.3. The van der Waals surface area contributed by atoms with E-state index in [4.69, 9.17) is 0 Å². The number of nitrogens with zero attached hydrogens (tertiary/aromatic N) is 2. The van der Waals surface area contributed by atoms with Crippen LogP contribution in [0.15, 0.2) is 12.4 Å². The first-order valence-electron chi connectivity index (χ1n) is 7.89. The van der Waals surface area contributed by atoms with Crippen molar-refractivity contribution in [1.82, 2.24) is 9.55 Å². The van der Waals surface area contributed by atoms with Crippen molar-refractivity contribution in [3.05, 3.63) is 18.2 Å². The summed E-state index contributed by atoms with van der Waals surface area (Å²) >= 11 is 0. The van der Waals surface area contributed by atoms with Crippen LogP contribution >= 0.6 is 0 Å². The number of aryl methyl sites for hydroxylation is 1. The molecular formula is C16H28N2O. The Kier molecular flexibility index (Phi) is 5.03. The third-order valence-corrected chi connectivity index (χ3v) is 4.60. The maximum atomic E-state index is 10.9. The molecule has 0 amide bonds. The second kappa shape index (κ2) is 6.56. The van der Waals surface area contributed by atoms with E-state index in [1.165, 1.54) is 25.7 Å². The summed E-state index contributed by atoms with van der Waals surface area (Å²) in [4.78, 5) is 4.42. The molecule has 3 heteroatoms. The quantitative estimate of drug-likeness (QED) is 0.826. The van der Waals surface area contributed by atoms with E-state index in [-0.39, 0.29) is 0 Å². The van der Waals surface area contributed by atoms with Gasteiger partial charge in [-0.25, -0.2) is 4.98 Å². The number of imidazole rings is 1. The molecule has 1 aliphatic carbocycles. The van der Waals surface area contributed by atoms with Crippen molar-refractivity contribution in [2.45, 2.75) is 77.4 Å². The van der Waals surface area contributed by atoms with E-state index >= 15 is 0 Å². The normalized spacial score (nSPS) is 28.3. The van der Waals surface area contributed by atoms with Crippen LogP contribution in [0.3, 0.4) is 0 Å². The van der Waals surface area contributed by atoms with Crippen LogP contribution in [0, 0.1) is 5.92 Å². The molecule has 1 aromatic heterocycles. The van der Waals surface area contributed by atoms with Crippen molar-refractivity contribution < 1.29 is 5.11 Å². The Hall–Kier alpha value is -0.830. The minimum absolute atomic E-state index is 0.527. The molecule has 0 spiro atoms. The average Bonchev–Trinajstić information content (AvgIpc) is 2.74. The van der Waals surface area contributed by atoms with Gasteiger partial charge in [0.05, 0.1) is 5.60 Å². The Balaban J connectivity index is 1.98. The highest BCUT2D eigenvalue weighted by molar-refractivity contribution is 4.99. The fourth-order valence-electron chi connectivity index (χ4n) is 3.43. The van der Waals surface area contributed by atoms with E-state index in [1.54, 1.807) is 0 Å². The van der Waals surface area contributed by atoms with E-state index in [9.17, 15) is 5.11 Å². The Bertz CT molecular complexity index is 388. The van der Waals surface area contributed by atoms with Crippen LogP contribution in [0.25, 0.3) is 0 Å². The van der Waals surface area contributed by atoms with Crippen LogP contribution in [-0.4, -0.2) is 20.3 Å². The summed E-state index contributed by atoms with van der Waals surface area (Å²) in [6, 6.07) is 0. The van der Waals surface area contributed by atoms with Crippen LogP contribution in [0.4, 0.5) is 0 Å². The molecule has 1 aromatic rings. The summed E-state index contributed by atoms with van der Waals surface area (Å²) in [6.45, 7) is 5.32. The van der Waals surface area contributed by atoms with Gasteiger partial charge in [-0.1, -0.05) is 32.6 Å². The Morgan fingerprint density at radius 2 is 2.21 bits per heavy atom. The molecule has 1 heterocycles. The second-order valence-corrected chi connectivity index (χ2v) is 6.12.